The molecule has 0 radical (unpaired) electrons. The molecule has 0 fully saturated rings. The van der Waals surface area contributed by atoms with Crippen molar-refractivity contribution in [2.24, 2.45) is 4.99 Å². The third-order valence-electron chi connectivity index (χ3n) is 3.20. The molecule has 2 aromatic rings. The van der Waals surface area contributed by atoms with Gasteiger partial charge in [0.1, 0.15) is 0 Å². The molecule has 0 atom stereocenters. The summed E-state index contributed by atoms with van der Waals surface area (Å²) in [5.74, 6) is 0.607. The molecule has 2 N–H and O–H groups in total. The minimum atomic E-state index is -0.377. The Bertz CT molecular complexity index is 699. The fourth-order valence-corrected chi connectivity index (χ4v) is 2.72. The largest absolute Gasteiger partial charge is 0.356 e. The molecule has 0 bridgehead atoms. The van der Waals surface area contributed by atoms with E-state index in [1.165, 1.54) is 6.07 Å². The predicted molar refractivity (Wildman–Crippen MR) is 91.9 cm³/mol. The summed E-state index contributed by atoms with van der Waals surface area (Å²) in [4.78, 5) is 19.1. The number of nitro benzene ring substituents is 1. The second kappa shape index (κ2) is 8.23. The minimum absolute atomic E-state index is 0.105. The van der Waals surface area contributed by atoms with Crippen LogP contribution in [-0.4, -0.2) is 29.5 Å². The first-order valence-electron chi connectivity index (χ1n) is 7.18. The van der Waals surface area contributed by atoms with Crippen molar-refractivity contribution in [1.29, 1.82) is 0 Å². The molecule has 1 aromatic carbocycles. The van der Waals surface area contributed by atoms with Gasteiger partial charge in [-0.1, -0.05) is 18.2 Å². The third kappa shape index (κ3) is 5.03. The van der Waals surface area contributed by atoms with E-state index in [0.717, 1.165) is 17.1 Å². The Labute approximate surface area is 138 Å². The van der Waals surface area contributed by atoms with Gasteiger partial charge in [-0.2, -0.15) is 0 Å². The van der Waals surface area contributed by atoms with Crippen LogP contribution in [-0.2, 0) is 13.0 Å². The molecule has 0 saturated heterocycles. The Morgan fingerprint density at radius 3 is 2.83 bits per heavy atom. The smallest absolute Gasteiger partial charge is 0.274 e. The molecule has 8 heteroatoms. The third-order valence-corrected chi connectivity index (χ3v) is 4.02. The number of thiazole rings is 1. The quantitative estimate of drug-likeness (QED) is 0.366. The van der Waals surface area contributed by atoms with Crippen LogP contribution >= 0.6 is 11.3 Å². The number of nitrogens with zero attached hydrogens (tertiary/aromatic N) is 3. The Balaban J connectivity index is 1.85. The summed E-state index contributed by atoms with van der Waals surface area (Å²) in [5, 5.41) is 20.4. The number of benzene rings is 1. The first kappa shape index (κ1) is 16.9. The SMILES string of the molecule is CN=C(NCCc1csc(C)n1)NCc1ccccc1[N+](=O)[O-]. The van der Waals surface area contributed by atoms with Crippen LogP contribution in [0.3, 0.4) is 0 Å². The summed E-state index contributed by atoms with van der Waals surface area (Å²) in [5.41, 5.74) is 1.78. The summed E-state index contributed by atoms with van der Waals surface area (Å²) in [6, 6.07) is 6.67. The minimum Gasteiger partial charge on any atom is -0.356 e. The van der Waals surface area contributed by atoms with Crippen molar-refractivity contribution < 1.29 is 4.92 Å². The molecular formula is C15H19N5O2S. The van der Waals surface area contributed by atoms with Crippen molar-refractivity contribution in [2.75, 3.05) is 13.6 Å². The number of hydrogen-bond donors (Lipinski definition) is 2. The summed E-state index contributed by atoms with van der Waals surface area (Å²) in [6.45, 7) is 3.02. The summed E-state index contributed by atoms with van der Waals surface area (Å²) in [6.07, 6.45) is 0.802. The van der Waals surface area contributed by atoms with Crippen molar-refractivity contribution in [3.63, 3.8) is 0 Å². The molecule has 0 spiro atoms. The monoisotopic (exact) mass is 333 g/mol. The fourth-order valence-electron chi connectivity index (χ4n) is 2.07. The average molecular weight is 333 g/mol. The van der Waals surface area contributed by atoms with E-state index >= 15 is 0 Å². The van der Waals surface area contributed by atoms with Gasteiger partial charge < -0.3 is 10.6 Å². The molecule has 0 aliphatic heterocycles. The van der Waals surface area contributed by atoms with Crippen LogP contribution in [0.25, 0.3) is 0 Å². The van der Waals surface area contributed by atoms with Gasteiger partial charge in [0.05, 0.1) is 15.6 Å². The molecule has 1 heterocycles. The van der Waals surface area contributed by atoms with E-state index in [2.05, 4.69) is 20.6 Å². The lowest BCUT2D eigenvalue weighted by Gasteiger charge is -2.11. The van der Waals surface area contributed by atoms with Gasteiger partial charge in [-0.05, 0) is 6.92 Å². The lowest BCUT2D eigenvalue weighted by molar-refractivity contribution is -0.385. The van der Waals surface area contributed by atoms with Crippen LogP contribution in [0, 0.1) is 17.0 Å². The van der Waals surface area contributed by atoms with Gasteiger partial charge in [0.2, 0.25) is 0 Å². The number of nitro groups is 1. The maximum atomic E-state index is 11.0. The zero-order valence-corrected chi connectivity index (χ0v) is 13.9. The number of aromatic nitrogens is 1. The first-order chi connectivity index (χ1) is 11.1. The Kier molecular flexibility index (Phi) is 6.04. The van der Waals surface area contributed by atoms with Crippen LogP contribution in [0.5, 0.6) is 0 Å². The molecule has 23 heavy (non-hydrogen) atoms. The summed E-state index contributed by atoms with van der Waals surface area (Å²) < 4.78 is 0. The molecule has 0 aliphatic carbocycles. The highest BCUT2D eigenvalue weighted by atomic mass is 32.1. The number of para-hydroxylation sites is 1. The van der Waals surface area contributed by atoms with E-state index in [1.807, 2.05) is 12.3 Å². The maximum absolute atomic E-state index is 11.0. The predicted octanol–water partition coefficient (Wildman–Crippen LogP) is 2.27. The zero-order valence-electron chi connectivity index (χ0n) is 13.1. The van der Waals surface area contributed by atoms with Gasteiger partial charge in [0, 0.05) is 43.6 Å². The molecule has 0 aliphatic rings. The average Bonchev–Trinajstić information content (AvgIpc) is 2.96. The van der Waals surface area contributed by atoms with E-state index in [-0.39, 0.29) is 10.6 Å². The van der Waals surface area contributed by atoms with Crippen molar-refractivity contribution in [1.82, 2.24) is 15.6 Å². The van der Waals surface area contributed by atoms with Crippen molar-refractivity contribution in [3.05, 3.63) is 56.0 Å². The Morgan fingerprint density at radius 2 is 2.17 bits per heavy atom. The number of hydrogen-bond acceptors (Lipinski definition) is 5. The molecule has 7 nitrogen and oxygen atoms in total. The van der Waals surface area contributed by atoms with Gasteiger partial charge in [-0.3, -0.25) is 15.1 Å². The van der Waals surface area contributed by atoms with Crippen LogP contribution < -0.4 is 10.6 Å². The molecule has 0 amide bonds. The second-order valence-electron chi connectivity index (χ2n) is 4.85. The lowest BCUT2D eigenvalue weighted by atomic mass is 10.2. The van der Waals surface area contributed by atoms with E-state index in [4.69, 9.17) is 0 Å². The molecule has 1 aromatic heterocycles. The van der Waals surface area contributed by atoms with Crippen LogP contribution in [0.15, 0.2) is 34.6 Å². The molecule has 0 saturated carbocycles. The molecular weight excluding hydrogens is 314 g/mol. The van der Waals surface area contributed by atoms with E-state index in [9.17, 15) is 10.1 Å². The number of rotatable bonds is 6. The highest BCUT2D eigenvalue weighted by Crippen LogP contribution is 2.16. The number of guanidine groups is 1. The number of aryl methyl sites for hydroxylation is 1. The van der Waals surface area contributed by atoms with Crippen molar-refractivity contribution in [3.8, 4) is 0 Å². The lowest BCUT2D eigenvalue weighted by Crippen LogP contribution is -2.38. The van der Waals surface area contributed by atoms with Crippen LogP contribution in [0.2, 0.25) is 0 Å². The maximum Gasteiger partial charge on any atom is 0.274 e. The van der Waals surface area contributed by atoms with Gasteiger partial charge in [0.15, 0.2) is 5.96 Å². The van der Waals surface area contributed by atoms with Gasteiger partial charge >= 0.3 is 0 Å². The molecule has 122 valence electrons. The van der Waals surface area contributed by atoms with Crippen LogP contribution in [0.4, 0.5) is 5.69 Å². The van der Waals surface area contributed by atoms with Crippen molar-refractivity contribution >= 4 is 23.0 Å². The van der Waals surface area contributed by atoms with E-state index in [1.54, 1.807) is 36.6 Å². The first-order valence-corrected chi connectivity index (χ1v) is 8.06. The van der Waals surface area contributed by atoms with Gasteiger partial charge in [0.25, 0.3) is 5.69 Å². The normalized spacial score (nSPS) is 11.3. The highest BCUT2D eigenvalue weighted by Gasteiger charge is 2.12. The standard InChI is InChI=1S/C15H19N5O2S/c1-11-19-13(10-23-11)7-8-17-15(16-2)18-9-12-5-3-4-6-14(12)20(21)22/h3-6,10H,7-9H2,1-2H3,(H2,16,17,18). The van der Waals surface area contributed by atoms with E-state index < -0.39 is 0 Å². The molecule has 2 rings (SSSR count). The number of aliphatic imine (C=N–C) groups is 1. The Morgan fingerprint density at radius 1 is 1.39 bits per heavy atom. The van der Waals surface area contributed by atoms with E-state index in [0.29, 0.717) is 24.6 Å². The van der Waals surface area contributed by atoms with Gasteiger partial charge in [-0.25, -0.2) is 4.98 Å². The Hall–Kier alpha value is -2.48. The number of nitrogens with one attached hydrogen (secondary N) is 2. The summed E-state index contributed by atoms with van der Waals surface area (Å²) >= 11 is 1.63. The topological polar surface area (TPSA) is 92.5 Å². The highest BCUT2D eigenvalue weighted by molar-refractivity contribution is 7.09. The zero-order chi connectivity index (χ0) is 16.7. The summed E-state index contributed by atoms with van der Waals surface area (Å²) in [7, 11) is 1.67. The van der Waals surface area contributed by atoms with Crippen molar-refractivity contribution in [2.45, 2.75) is 19.9 Å². The second-order valence-corrected chi connectivity index (χ2v) is 5.91. The van der Waals surface area contributed by atoms with Crippen LogP contribution in [0.1, 0.15) is 16.3 Å². The van der Waals surface area contributed by atoms with Gasteiger partial charge in [-0.15, -0.1) is 11.3 Å². The molecule has 0 unspecified atom stereocenters. The fraction of sp³-hybridized carbons (Fsp3) is 0.333.